The van der Waals surface area contributed by atoms with Crippen molar-refractivity contribution in [1.29, 1.82) is 0 Å². The van der Waals surface area contributed by atoms with Gasteiger partial charge in [-0.25, -0.2) is 13.1 Å². The number of nitrogens with zero attached hydrogens (tertiary/aromatic N) is 1. The molecule has 0 amide bonds. The number of sulfonamides is 1. The Kier molecular flexibility index (Phi) is 4.81. The van der Waals surface area contributed by atoms with Crippen LogP contribution in [0.4, 0.5) is 5.88 Å². The summed E-state index contributed by atoms with van der Waals surface area (Å²) in [7, 11) is -3.75. The minimum atomic E-state index is -3.75. The van der Waals surface area contributed by atoms with Gasteiger partial charge in [0, 0.05) is 9.79 Å². The van der Waals surface area contributed by atoms with Crippen LogP contribution in [0, 0.1) is 6.92 Å². The van der Waals surface area contributed by atoms with Crippen molar-refractivity contribution in [1.82, 2.24) is 5.16 Å². The van der Waals surface area contributed by atoms with Gasteiger partial charge in [-0.3, -0.25) is 0 Å². The lowest BCUT2D eigenvalue weighted by Crippen LogP contribution is -2.12. The number of halogens is 1. The van der Waals surface area contributed by atoms with Crippen LogP contribution in [0.25, 0.3) is 0 Å². The second kappa shape index (κ2) is 6.68. The van der Waals surface area contributed by atoms with Crippen molar-refractivity contribution >= 4 is 54.9 Å². The van der Waals surface area contributed by atoms with Gasteiger partial charge in [-0.1, -0.05) is 35.1 Å². The van der Waals surface area contributed by atoms with E-state index in [-0.39, 0.29) is 10.1 Å². The SMILES string of the molecule is Cc1noc(NS(=O)(=O)c2sccc2Sc2ccccc2)c1Br. The molecular formula is C14H11BrN2O3S3. The highest BCUT2D eigenvalue weighted by Crippen LogP contribution is 2.37. The number of hydrogen-bond acceptors (Lipinski definition) is 6. The van der Waals surface area contributed by atoms with Crippen molar-refractivity contribution in [2.75, 3.05) is 4.72 Å². The molecule has 23 heavy (non-hydrogen) atoms. The Hall–Kier alpha value is -1.29. The third kappa shape index (κ3) is 3.63. The maximum Gasteiger partial charge on any atom is 0.274 e. The number of aromatic nitrogens is 1. The molecule has 0 spiro atoms. The minimum Gasteiger partial charge on any atom is -0.336 e. The van der Waals surface area contributed by atoms with E-state index >= 15 is 0 Å². The minimum absolute atomic E-state index is 0.0755. The molecule has 0 saturated heterocycles. The fourth-order valence-corrected chi connectivity index (χ4v) is 5.83. The van der Waals surface area contributed by atoms with Crippen LogP contribution >= 0.6 is 39.0 Å². The second-order valence-electron chi connectivity index (χ2n) is 4.50. The number of benzene rings is 1. The van der Waals surface area contributed by atoms with E-state index in [9.17, 15) is 8.42 Å². The second-order valence-corrected chi connectivity index (χ2v) is 9.21. The summed E-state index contributed by atoms with van der Waals surface area (Å²) in [6, 6.07) is 11.4. The Bertz CT molecular complexity index is 920. The van der Waals surface area contributed by atoms with Crippen molar-refractivity contribution < 1.29 is 12.9 Å². The Morgan fingerprint density at radius 3 is 2.65 bits per heavy atom. The molecule has 0 aliphatic carbocycles. The summed E-state index contributed by atoms with van der Waals surface area (Å²) in [4.78, 5) is 1.64. The molecule has 0 bridgehead atoms. The average molecular weight is 431 g/mol. The van der Waals surface area contributed by atoms with E-state index in [4.69, 9.17) is 4.52 Å². The van der Waals surface area contributed by atoms with Gasteiger partial charge in [0.25, 0.3) is 15.9 Å². The first-order chi connectivity index (χ1) is 11.0. The maximum absolute atomic E-state index is 12.6. The van der Waals surface area contributed by atoms with Crippen LogP contribution in [-0.4, -0.2) is 13.6 Å². The van der Waals surface area contributed by atoms with Crippen LogP contribution in [0.5, 0.6) is 0 Å². The van der Waals surface area contributed by atoms with Gasteiger partial charge in [0.2, 0.25) is 0 Å². The van der Waals surface area contributed by atoms with E-state index in [1.54, 1.807) is 18.4 Å². The third-order valence-corrected chi connectivity index (χ3v) is 7.90. The number of nitrogens with one attached hydrogen (secondary N) is 1. The first kappa shape index (κ1) is 16.6. The molecule has 0 aliphatic heterocycles. The van der Waals surface area contributed by atoms with Crippen LogP contribution in [0.1, 0.15) is 5.69 Å². The van der Waals surface area contributed by atoms with E-state index in [2.05, 4.69) is 25.8 Å². The third-order valence-electron chi connectivity index (χ3n) is 2.83. The summed E-state index contributed by atoms with van der Waals surface area (Å²) >= 11 is 5.81. The maximum atomic E-state index is 12.6. The molecule has 9 heteroatoms. The van der Waals surface area contributed by atoms with E-state index in [1.807, 2.05) is 30.3 Å². The van der Waals surface area contributed by atoms with Gasteiger partial charge in [-0.2, -0.15) is 0 Å². The van der Waals surface area contributed by atoms with Crippen molar-refractivity contribution in [2.24, 2.45) is 0 Å². The van der Waals surface area contributed by atoms with Crippen LogP contribution in [0.2, 0.25) is 0 Å². The molecular weight excluding hydrogens is 420 g/mol. The molecule has 120 valence electrons. The van der Waals surface area contributed by atoms with E-state index < -0.39 is 10.0 Å². The summed E-state index contributed by atoms with van der Waals surface area (Å²) in [5, 5.41) is 5.47. The Morgan fingerprint density at radius 2 is 2.00 bits per heavy atom. The molecule has 2 heterocycles. The molecule has 0 radical (unpaired) electrons. The van der Waals surface area contributed by atoms with E-state index in [1.165, 1.54) is 11.8 Å². The Labute approximate surface area is 150 Å². The molecule has 3 aromatic rings. The topological polar surface area (TPSA) is 72.2 Å². The van der Waals surface area contributed by atoms with Crippen LogP contribution in [-0.2, 0) is 10.0 Å². The summed E-state index contributed by atoms with van der Waals surface area (Å²) in [6.07, 6.45) is 0. The molecule has 0 atom stereocenters. The van der Waals surface area contributed by atoms with Gasteiger partial charge in [0.1, 0.15) is 4.47 Å². The van der Waals surface area contributed by atoms with Gasteiger partial charge >= 0.3 is 0 Å². The zero-order chi connectivity index (χ0) is 16.4. The summed E-state index contributed by atoms with van der Waals surface area (Å²) in [5.41, 5.74) is 0.577. The molecule has 0 unspecified atom stereocenters. The number of aryl methyl sites for hydroxylation is 1. The predicted octanol–water partition coefficient (Wildman–Crippen LogP) is 4.76. The summed E-state index contributed by atoms with van der Waals surface area (Å²) in [5.74, 6) is 0.0755. The highest BCUT2D eigenvalue weighted by molar-refractivity contribution is 9.10. The van der Waals surface area contributed by atoms with Gasteiger partial charge < -0.3 is 4.52 Å². The molecule has 0 saturated carbocycles. The smallest absolute Gasteiger partial charge is 0.274 e. The predicted molar refractivity (Wildman–Crippen MR) is 94.6 cm³/mol. The van der Waals surface area contributed by atoms with E-state index in [0.29, 0.717) is 15.1 Å². The normalized spacial score (nSPS) is 11.6. The van der Waals surface area contributed by atoms with Crippen LogP contribution in [0.15, 0.2) is 64.8 Å². The number of thiophene rings is 1. The fourth-order valence-electron chi connectivity index (χ4n) is 1.76. The first-order valence-electron chi connectivity index (χ1n) is 6.42. The van der Waals surface area contributed by atoms with Crippen molar-refractivity contribution in [3.8, 4) is 0 Å². The molecule has 2 aromatic heterocycles. The molecule has 1 aromatic carbocycles. The summed E-state index contributed by atoms with van der Waals surface area (Å²) < 4.78 is 33.4. The van der Waals surface area contributed by atoms with Crippen molar-refractivity contribution in [3.63, 3.8) is 0 Å². The van der Waals surface area contributed by atoms with Crippen molar-refractivity contribution in [3.05, 3.63) is 51.9 Å². The van der Waals surface area contributed by atoms with Gasteiger partial charge in [-0.15, -0.1) is 11.3 Å². The fraction of sp³-hybridized carbons (Fsp3) is 0.0714. The van der Waals surface area contributed by atoms with Gasteiger partial charge in [0.05, 0.1) is 5.69 Å². The lowest BCUT2D eigenvalue weighted by Gasteiger charge is -2.06. The van der Waals surface area contributed by atoms with E-state index in [0.717, 1.165) is 16.2 Å². The molecule has 0 aliphatic rings. The highest BCUT2D eigenvalue weighted by Gasteiger charge is 2.24. The largest absolute Gasteiger partial charge is 0.336 e. The molecule has 0 fully saturated rings. The van der Waals surface area contributed by atoms with Crippen LogP contribution < -0.4 is 4.72 Å². The van der Waals surface area contributed by atoms with Crippen LogP contribution in [0.3, 0.4) is 0 Å². The lowest BCUT2D eigenvalue weighted by atomic mass is 10.4. The zero-order valence-corrected chi connectivity index (χ0v) is 15.9. The zero-order valence-electron chi connectivity index (χ0n) is 11.8. The van der Waals surface area contributed by atoms with Crippen molar-refractivity contribution in [2.45, 2.75) is 20.9 Å². The molecule has 3 rings (SSSR count). The first-order valence-corrected chi connectivity index (χ1v) is 10.4. The standard InChI is InChI=1S/C14H11BrN2O3S3/c1-9-12(15)13(20-16-9)17-23(18,19)14-11(7-8-21-14)22-10-5-3-2-4-6-10/h2-8,17H,1H3. The number of anilines is 1. The Balaban J connectivity index is 1.89. The van der Waals surface area contributed by atoms with Gasteiger partial charge in [0.15, 0.2) is 4.21 Å². The van der Waals surface area contributed by atoms with Gasteiger partial charge in [-0.05, 0) is 46.4 Å². The number of rotatable bonds is 5. The monoisotopic (exact) mass is 430 g/mol. The highest BCUT2D eigenvalue weighted by atomic mass is 79.9. The number of hydrogen-bond donors (Lipinski definition) is 1. The Morgan fingerprint density at radius 1 is 1.26 bits per heavy atom. The average Bonchev–Trinajstić information content (AvgIpc) is 3.11. The molecule has 1 N–H and O–H groups in total. The lowest BCUT2D eigenvalue weighted by molar-refractivity contribution is 0.430. The summed E-state index contributed by atoms with van der Waals surface area (Å²) in [6.45, 7) is 1.72. The quantitative estimate of drug-likeness (QED) is 0.631. The molecule has 5 nitrogen and oxygen atoms in total.